The Bertz CT molecular complexity index is 645. The Kier molecular flexibility index (Phi) is 3.19. The highest BCUT2D eigenvalue weighted by molar-refractivity contribution is 5.94. The van der Waals surface area contributed by atoms with Gasteiger partial charge in [0.25, 0.3) is 0 Å². The quantitative estimate of drug-likeness (QED) is 0.671. The molecule has 0 aliphatic carbocycles. The minimum Gasteiger partial charge on any atom is -0.490 e. The fourth-order valence-corrected chi connectivity index (χ4v) is 1.78. The number of carbonyl (C=O) groups is 1. The average Bonchev–Trinajstić information content (AvgIpc) is 2.86. The van der Waals surface area contributed by atoms with E-state index < -0.39 is 10.9 Å². The van der Waals surface area contributed by atoms with Gasteiger partial charge in [-0.2, -0.15) is 0 Å². The number of ether oxygens (including phenoxy) is 1. The van der Waals surface area contributed by atoms with E-state index in [-0.39, 0.29) is 22.8 Å². The van der Waals surface area contributed by atoms with Crippen LogP contribution in [0.2, 0.25) is 0 Å². The number of benzene rings is 1. The molecule has 1 aromatic heterocycles. The number of hydrogen-bond acceptors (Lipinski definition) is 5. The van der Waals surface area contributed by atoms with Crippen LogP contribution in [0.5, 0.6) is 5.75 Å². The van der Waals surface area contributed by atoms with Crippen LogP contribution in [0.15, 0.2) is 34.9 Å². The van der Waals surface area contributed by atoms with Crippen molar-refractivity contribution in [2.24, 2.45) is 0 Å². The molecular formula is C12H9NO6. The number of hydrogen-bond donors (Lipinski definition) is 1. The number of rotatable bonds is 4. The summed E-state index contributed by atoms with van der Waals surface area (Å²) in [5.74, 6) is -1.55. The summed E-state index contributed by atoms with van der Waals surface area (Å²) in [5.41, 5.74) is 0.286. The van der Waals surface area contributed by atoms with E-state index in [2.05, 4.69) is 0 Å². The minimum atomic E-state index is -1.26. The van der Waals surface area contributed by atoms with Crippen molar-refractivity contribution < 1.29 is 24.0 Å². The topological polar surface area (TPSA) is 103 Å². The van der Waals surface area contributed by atoms with Crippen molar-refractivity contribution in [2.75, 3.05) is 7.11 Å². The number of nitro benzene ring substituents is 1. The lowest BCUT2D eigenvalue weighted by Crippen LogP contribution is -1.99. The molecule has 0 atom stereocenters. The van der Waals surface area contributed by atoms with Crippen LogP contribution in [-0.2, 0) is 0 Å². The summed E-state index contributed by atoms with van der Waals surface area (Å²) in [6.07, 6.45) is 1.21. The van der Waals surface area contributed by atoms with Crippen LogP contribution in [0, 0.1) is 10.1 Å². The number of carboxylic acids is 1. The van der Waals surface area contributed by atoms with E-state index in [0.29, 0.717) is 5.56 Å². The highest BCUT2D eigenvalue weighted by Crippen LogP contribution is 2.39. The summed E-state index contributed by atoms with van der Waals surface area (Å²) in [7, 11) is 1.28. The van der Waals surface area contributed by atoms with E-state index in [0.717, 1.165) is 0 Å². The first kappa shape index (κ1) is 12.6. The van der Waals surface area contributed by atoms with E-state index in [4.69, 9.17) is 14.3 Å². The first-order valence-electron chi connectivity index (χ1n) is 5.18. The molecule has 7 nitrogen and oxygen atoms in total. The van der Waals surface area contributed by atoms with Gasteiger partial charge in [0.2, 0.25) is 11.5 Å². The second-order valence-corrected chi connectivity index (χ2v) is 3.58. The molecule has 0 saturated heterocycles. The molecular weight excluding hydrogens is 254 g/mol. The van der Waals surface area contributed by atoms with E-state index in [9.17, 15) is 14.9 Å². The Balaban J connectivity index is 2.69. The molecule has 0 saturated carbocycles. The monoisotopic (exact) mass is 263 g/mol. The predicted molar refractivity (Wildman–Crippen MR) is 64.3 cm³/mol. The van der Waals surface area contributed by atoms with Crippen LogP contribution in [0.4, 0.5) is 5.69 Å². The van der Waals surface area contributed by atoms with Crippen LogP contribution < -0.4 is 4.74 Å². The normalized spacial score (nSPS) is 10.2. The van der Waals surface area contributed by atoms with Crippen LogP contribution in [0.3, 0.4) is 0 Å². The van der Waals surface area contributed by atoms with Crippen molar-refractivity contribution in [3.8, 4) is 16.9 Å². The zero-order chi connectivity index (χ0) is 14.0. The number of para-hydroxylation sites is 1. The lowest BCUT2D eigenvalue weighted by molar-refractivity contribution is -0.385. The molecule has 2 aromatic rings. The van der Waals surface area contributed by atoms with E-state index >= 15 is 0 Å². The van der Waals surface area contributed by atoms with Crippen LogP contribution in [-0.4, -0.2) is 23.1 Å². The van der Waals surface area contributed by atoms with Gasteiger partial charge < -0.3 is 14.3 Å². The Morgan fingerprint density at radius 3 is 2.68 bits per heavy atom. The highest BCUT2D eigenvalue weighted by atomic mass is 16.6. The van der Waals surface area contributed by atoms with Gasteiger partial charge >= 0.3 is 11.7 Å². The van der Waals surface area contributed by atoms with Crippen molar-refractivity contribution in [3.05, 3.63) is 46.4 Å². The molecule has 98 valence electrons. The number of furan rings is 1. The average molecular weight is 263 g/mol. The Morgan fingerprint density at radius 2 is 2.11 bits per heavy atom. The van der Waals surface area contributed by atoms with Gasteiger partial charge in [0.15, 0.2) is 0 Å². The fraction of sp³-hybridized carbons (Fsp3) is 0.0833. The second kappa shape index (κ2) is 4.81. The third-order valence-electron chi connectivity index (χ3n) is 2.54. The zero-order valence-electron chi connectivity index (χ0n) is 9.82. The van der Waals surface area contributed by atoms with Gasteiger partial charge in [-0.1, -0.05) is 6.07 Å². The van der Waals surface area contributed by atoms with Gasteiger partial charge in [0.05, 0.1) is 18.3 Å². The molecule has 0 bridgehead atoms. The van der Waals surface area contributed by atoms with Crippen molar-refractivity contribution >= 4 is 11.7 Å². The van der Waals surface area contributed by atoms with Crippen molar-refractivity contribution in [1.29, 1.82) is 0 Å². The molecule has 0 radical (unpaired) electrons. The largest absolute Gasteiger partial charge is 0.490 e. The van der Waals surface area contributed by atoms with Crippen LogP contribution >= 0.6 is 0 Å². The van der Waals surface area contributed by atoms with E-state index in [1.807, 2.05) is 0 Å². The first-order valence-corrected chi connectivity index (χ1v) is 5.18. The lowest BCUT2D eigenvalue weighted by atomic mass is 10.0. The van der Waals surface area contributed by atoms with Crippen LogP contribution in [0.1, 0.15) is 10.6 Å². The molecule has 0 spiro atoms. The lowest BCUT2D eigenvalue weighted by Gasteiger charge is -2.07. The molecule has 0 fully saturated rings. The van der Waals surface area contributed by atoms with E-state index in [1.165, 1.54) is 37.6 Å². The Hall–Kier alpha value is -2.83. The smallest absolute Gasteiger partial charge is 0.372 e. The molecule has 1 aromatic carbocycles. The van der Waals surface area contributed by atoms with Crippen molar-refractivity contribution in [2.45, 2.75) is 0 Å². The van der Waals surface area contributed by atoms with Crippen LogP contribution in [0.25, 0.3) is 11.1 Å². The molecule has 19 heavy (non-hydrogen) atoms. The van der Waals surface area contributed by atoms with Crippen molar-refractivity contribution in [1.82, 2.24) is 0 Å². The number of nitro groups is 1. The van der Waals surface area contributed by atoms with Gasteiger partial charge in [-0.3, -0.25) is 10.1 Å². The third-order valence-corrected chi connectivity index (χ3v) is 2.54. The fourth-order valence-electron chi connectivity index (χ4n) is 1.78. The molecule has 2 rings (SSSR count). The summed E-state index contributed by atoms with van der Waals surface area (Å²) in [6.45, 7) is 0. The first-order chi connectivity index (χ1) is 9.06. The number of nitrogens with zero attached hydrogens (tertiary/aromatic N) is 1. The summed E-state index contributed by atoms with van der Waals surface area (Å²) in [5, 5.41) is 19.9. The molecule has 1 heterocycles. The molecule has 0 unspecified atom stereocenters. The number of carboxylic acid groups (broad SMARTS) is 1. The maximum atomic E-state index is 11.0. The molecule has 0 amide bonds. The molecule has 1 N–H and O–H groups in total. The van der Waals surface area contributed by atoms with Gasteiger partial charge in [0, 0.05) is 17.2 Å². The maximum absolute atomic E-state index is 11.0. The summed E-state index contributed by atoms with van der Waals surface area (Å²) >= 11 is 0. The standard InChI is InChI=1S/C12H9NO6/c1-18-10-7(3-2-4-9(10)13(16)17)8-5-6-19-11(8)12(14)15/h2-6H,1H3,(H,14,15). The predicted octanol–water partition coefficient (Wildman–Crippen LogP) is 2.56. The molecule has 0 aliphatic rings. The third kappa shape index (κ3) is 2.13. The summed E-state index contributed by atoms with van der Waals surface area (Å²) in [6, 6.07) is 5.69. The van der Waals surface area contributed by atoms with Gasteiger partial charge in [0.1, 0.15) is 0 Å². The minimum absolute atomic E-state index is 0.00333. The zero-order valence-corrected chi connectivity index (χ0v) is 9.82. The summed E-state index contributed by atoms with van der Waals surface area (Å²) < 4.78 is 9.88. The van der Waals surface area contributed by atoms with E-state index in [1.54, 1.807) is 0 Å². The number of aromatic carboxylic acids is 1. The van der Waals surface area contributed by atoms with Gasteiger partial charge in [-0.15, -0.1) is 0 Å². The van der Waals surface area contributed by atoms with Gasteiger partial charge in [-0.05, 0) is 12.1 Å². The Morgan fingerprint density at radius 1 is 1.37 bits per heavy atom. The molecule has 0 aliphatic heterocycles. The summed E-state index contributed by atoms with van der Waals surface area (Å²) in [4.78, 5) is 21.3. The van der Waals surface area contributed by atoms with Crippen molar-refractivity contribution in [3.63, 3.8) is 0 Å². The highest BCUT2D eigenvalue weighted by Gasteiger charge is 2.24. The second-order valence-electron chi connectivity index (χ2n) is 3.58. The number of methoxy groups -OCH3 is 1. The SMILES string of the molecule is COc1c(-c2ccoc2C(=O)O)cccc1[N+](=O)[O-]. The maximum Gasteiger partial charge on any atom is 0.372 e. The van der Waals surface area contributed by atoms with Gasteiger partial charge in [-0.25, -0.2) is 4.79 Å². The Labute approximate surface area is 107 Å². The molecule has 7 heteroatoms.